The Morgan fingerprint density at radius 2 is 2.00 bits per heavy atom. The normalized spacial score (nSPS) is 15.3. The highest BCUT2D eigenvalue weighted by Crippen LogP contribution is 2.38. The van der Waals surface area contributed by atoms with E-state index in [4.69, 9.17) is 9.47 Å². The Morgan fingerprint density at radius 1 is 1.25 bits per heavy atom. The van der Waals surface area contributed by atoms with Crippen LogP contribution in [0.3, 0.4) is 0 Å². The van der Waals surface area contributed by atoms with Crippen LogP contribution in [0, 0.1) is 5.92 Å². The molecule has 4 rings (SSSR count). The van der Waals surface area contributed by atoms with Gasteiger partial charge in [0.25, 0.3) is 0 Å². The standard InChI is InChI=1S/C21H26N6O3S2/c1-5-12-6-7-14-13(8-12)9-15(32-14)19-25-26-21(27(19)2)31-11-16(28)22-20-23-17(29-3)10-18(24-20)30-4/h9-10,12H,5-8,11H2,1-4H3,(H,22,23,24,28). The van der Waals surface area contributed by atoms with E-state index in [0.29, 0.717) is 16.9 Å². The number of aryl methyl sites for hydroxylation is 1. The zero-order valence-electron chi connectivity index (χ0n) is 18.5. The predicted molar refractivity (Wildman–Crippen MR) is 125 cm³/mol. The lowest BCUT2D eigenvalue weighted by molar-refractivity contribution is -0.113. The van der Waals surface area contributed by atoms with Gasteiger partial charge in [0.2, 0.25) is 23.6 Å². The van der Waals surface area contributed by atoms with Crippen LogP contribution in [0.25, 0.3) is 10.7 Å². The molecule has 3 aromatic heterocycles. The van der Waals surface area contributed by atoms with E-state index < -0.39 is 0 Å². The summed E-state index contributed by atoms with van der Waals surface area (Å²) in [4.78, 5) is 23.2. The Kier molecular flexibility index (Phi) is 6.95. The summed E-state index contributed by atoms with van der Waals surface area (Å²) in [5, 5.41) is 12.0. The van der Waals surface area contributed by atoms with E-state index in [0.717, 1.165) is 29.5 Å². The molecule has 0 saturated heterocycles. The van der Waals surface area contributed by atoms with Gasteiger partial charge in [-0.2, -0.15) is 9.97 Å². The highest BCUT2D eigenvalue weighted by molar-refractivity contribution is 7.99. The van der Waals surface area contributed by atoms with Gasteiger partial charge in [0, 0.05) is 11.9 Å². The van der Waals surface area contributed by atoms with Crippen molar-refractivity contribution in [2.24, 2.45) is 13.0 Å². The molecule has 1 aliphatic carbocycles. The average molecular weight is 475 g/mol. The molecule has 1 aliphatic rings. The molecular formula is C21H26N6O3S2. The second kappa shape index (κ2) is 9.86. The smallest absolute Gasteiger partial charge is 0.237 e. The Labute approximate surface area is 195 Å². The molecule has 3 aromatic rings. The summed E-state index contributed by atoms with van der Waals surface area (Å²) in [5.41, 5.74) is 1.45. The number of fused-ring (bicyclic) bond motifs is 1. The number of nitrogens with one attached hydrogen (secondary N) is 1. The van der Waals surface area contributed by atoms with Gasteiger partial charge in [-0.05, 0) is 36.8 Å². The van der Waals surface area contributed by atoms with Crippen LogP contribution in [0.4, 0.5) is 5.95 Å². The minimum Gasteiger partial charge on any atom is -0.481 e. The number of thioether (sulfide) groups is 1. The number of amides is 1. The minimum absolute atomic E-state index is 0.125. The summed E-state index contributed by atoms with van der Waals surface area (Å²) < 4.78 is 12.1. The second-order valence-corrected chi connectivity index (χ2v) is 9.63. The van der Waals surface area contributed by atoms with Crippen molar-refractivity contribution in [2.75, 3.05) is 25.3 Å². The number of aromatic nitrogens is 5. The number of methoxy groups -OCH3 is 2. The van der Waals surface area contributed by atoms with Gasteiger partial charge in [0.05, 0.1) is 30.9 Å². The highest BCUT2D eigenvalue weighted by atomic mass is 32.2. The maximum absolute atomic E-state index is 12.4. The monoisotopic (exact) mass is 474 g/mol. The number of ether oxygens (including phenoxy) is 2. The maximum atomic E-state index is 12.4. The van der Waals surface area contributed by atoms with Crippen molar-refractivity contribution in [2.45, 2.75) is 37.8 Å². The van der Waals surface area contributed by atoms with Crippen LogP contribution in [0.15, 0.2) is 17.3 Å². The van der Waals surface area contributed by atoms with Crippen LogP contribution in [0.2, 0.25) is 0 Å². The van der Waals surface area contributed by atoms with E-state index in [1.54, 1.807) is 0 Å². The van der Waals surface area contributed by atoms with Crippen molar-refractivity contribution >= 4 is 35.0 Å². The molecule has 0 fully saturated rings. The topological polar surface area (TPSA) is 104 Å². The summed E-state index contributed by atoms with van der Waals surface area (Å²) in [6, 6.07) is 3.80. The van der Waals surface area contributed by atoms with Gasteiger partial charge in [0.15, 0.2) is 11.0 Å². The fraction of sp³-hybridized carbons (Fsp3) is 0.476. The van der Waals surface area contributed by atoms with Gasteiger partial charge in [-0.3, -0.25) is 10.1 Å². The molecule has 1 unspecified atom stereocenters. The average Bonchev–Trinajstić information content (AvgIpc) is 3.39. The molecule has 3 heterocycles. The molecule has 9 nitrogen and oxygen atoms in total. The quantitative estimate of drug-likeness (QED) is 0.494. The van der Waals surface area contributed by atoms with E-state index in [1.165, 1.54) is 55.3 Å². The second-order valence-electron chi connectivity index (χ2n) is 7.55. The first-order valence-electron chi connectivity index (χ1n) is 10.4. The van der Waals surface area contributed by atoms with Crippen LogP contribution < -0.4 is 14.8 Å². The van der Waals surface area contributed by atoms with E-state index in [-0.39, 0.29) is 17.6 Å². The Bertz CT molecular complexity index is 1090. The number of carbonyl (C=O) groups is 1. The lowest BCUT2D eigenvalue weighted by Crippen LogP contribution is -2.17. The van der Waals surface area contributed by atoms with Crippen molar-refractivity contribution in [1.29, 1.82) is 0 Å². The minimum atomic E-state index is -0.257. The number of hydrogen-bond donors (Lipinski definition) is 1. The molecule has 32 heavy (non-hydrogen) atoms. The summed E-state index contributed by atoms with van der Waals surface area (Å²) in [6.07, 6.45) is 4.79. The number of carbonyl (C=O) groups excluding carboxylic acids is 1. The third-order valence-electron chi connectivity index (χ3n) is 5.50. The molecule has 0 bridgehead atoms. The predicted octanol–water partition coefficient (Wildman–Crippen LogP) is 3.60. The van der Waals surface area contributed by atoms with Gasteiger partial charge >= 0.3 is 0 Å². The molecule has 0 spiro atoms. The van der Waals surface area contributed by atoms with Crippen LogP contribution in [0.5, 0.6) is 11.8 Å². The molecule has 11 heteroatoms. The number of thiophene rings is 1. The summed E-state index contributed by atoms with van der Waals surface area (Å²) >= 11 is 3.12. The van der Waals surface area contributed by atoms with Crippen LogP contribution >= 0.6 is 23.1 Å². The highest BCUT2D eigenvalue weighted by Gasteiger charge is 2.22. The van der Waals surface area contributed by atoms with Crippen LogP contribution in [-0.2, 0) is 24.7 Å². The fourth-order valence-corrected chi connectivity index (χ4v) is 5.61. The van der Waals surface area contributed by atoms with Gasteiger partial charge in [-0.15, -0.1) is 21.5 Å². The molecule has 0 aliphatic heterocycles. The number of rotatable bonds is 8. The van der Waals surface area contributed by atoms with E-state index in [1.807, 2.05) is 23.0 Å². The molecule has 1 amide bonds. The van der Waals surface area contributed by atoms with Gasteiger partial charge in [-0.25, -0.2) is 0 Å². The SMILES string of the molecule is CCC1CCc2sc(-c3nnc(SCC(=O)Nc4nc(OC)cc(OC)n4)n3C)cc2C1. The van der Waals surface area contributed by atoms with E-state index in [9.17, 15) is 4.79 Å². The molecule has 1 N–H and O–H groups in total. The van der Waals surface area contributed by atoms with Crippen LogP contribution in [-0.4, -0.2) is 50.6 Å². The first-order chi connectivity index (χ1) is 15.5. The molecule has 0 radical (unpaired) electrons. The zero-order valence-corrected chi connectivity index (χ0v) is 20.2. The van der Waals surface area contributed by atoms with Crippen LogP contribution in [0.1, 0.15) is 30.2 Å². The van der Waals surface area contributed by atoms with Crippen molar-refractivity contribution in [3.05, 3.63) is 22.6 Å². The Morgan fingerprint density at radius 3 is 2.69 bits per heavy atom. The summed E-state index contributed by atoms with van der Waals surface area (Å²) in [7, 11) is 4.90. The summed E-state index contributed by atoms with van der Waals surface area (Å²) in [6.45, 7) is 2.27. The van der Waals surface area contributed by atoms with E-state index >= 15 is 0 Å². The molecule has 0 aromatic carbocycles. The van der Waals surface area contributed by atoms with Crippen molar-refractivity contribution < 1.29 is 14.3 Å². The maximum Gasteiger partial charge on any atom is 0.237 e. The fourth-order valence-electron chi connectivity index (χ4n) is 3.67. The lowest BCUT2D eigenvalue weighted by Gasteiger charge is -2.19. The number of hydrogen-bond acceptors (Lipinski definition) is 9. The zero-order chi connectivity index (χ0) is 22.7. The molecule has 170 valence electrons. The van der Waals surface area contributed by atoms with E-state index in [2.05, 4.69) is 38.5 Å². The molecule has 0 saturated carbocycles. The Hall–Kier alpha value is -2.66. The third kappa shape index (κ3) is 4.88. The first kappa shape index (κ1) is 22.5. The van der Waals surface area contributed by atoms with Gasteiger partial charge in [-0.1, -0.05) is 25.1 Å². The summed E-state index contributed by atoms with van der Waals surface area (Å²) in [5.74, 6) is 2.24. The van der Waals surface area contributed by atoms with Crippen molar-refractivity contribution in [3.8, 4) is 22.5 Å². The molecular weight excluding hydrogens is 448 g/mol. The first-order valence-corrected chi connectivity index (χ1v) is 12.2. The number of nitrogens with zero attached hydrogens (tertiary/aromatic N) is 5. The van der Waals surface area contributed by atoms with Crippen molar-refractivity contribution in [1.82, 2.24) is 24.7 Å². The number of anilines is 1. The third-order valence-corrected chi connectivity index (χ3v) is 7.75. The van der Waals surface area contributed by atoms with Gasteiger partial charge in [0.1, 0.15) is 0 Å². The lowest BCUT2D eigenvalue weighted by atomic mass is 9.87. The largest absolute Gasteiger partial charge is 0.481 e. The van der Waals surface area contributed by atoms with Crippen molar-refractivity contribution in [3.63, 3.8) is 0 Å². The molecule has 1 atom stereocenters. The van der Waals surface area contributed by atoms with Gasteiger partial charge < -0.3 is 14.0 Å². The Balaban J connectivity index is 1.41.